The molecule has 1 aliphatic heterocycles. The van der Waals surface area contributed by atoms with E-state index in [4.69, 9.17) is 4.74 Å². The van der Waals surface area contributed by atoms with Crippen molar-refractivity contribution in [3.8, 4) is 5.75 Å². The number of carbonyl (C=O) groups is 1. The van der Waals surface area contributed by atoms with Crippen molar-refractivity contribution in [2.45, 2.75) is 25.7 Å². The number of nitrogens with zero attached hydrogens (tertiary/aromatic N) is 1. The van der Waals surface area contributed by atoms with E-state index in [0.717, 1.165) is 57.5 Å². The molecule has 1 fully saturated rings. The molecule has 1 aliphatic rings. The lowest BCUT2D eigenvalue weighted by atomic mass is 9.98. The summed E-state index contributed by atoms with van der Waals surface area (Å²) in [6.45, 7) is 4.06. The minimum atomic E-state index is 0.303. The molecule has 3 heteroatoms. The van der Waals surface area contributed by atoms with Gasteiger partial charge in [-0.25, -0.2) is 0 Å². The molecule has 0 saturated carbocycles. The van der Waals surface area contributed by atoms with Crippen molar-refractivity contribution in [3.63, 3.8) is 0 Å². The van der Waals surface area contributed by atoms with Gasteiger partial charge < -0.3 is 14.4 Å². The quantitative estimate of drug-likeness (QED) is 0.558. The maximum absolute atomic E-state index is 10.7. The van der Waals surface area contributed by atoms with Crippen LogP contribution in [0.2, 0.25) is 0 Å². The SMILES string of the molecule is O=CC1CCN(CCCCOc2ccccc2)CC1. The van der Waals surface area contributed by atoms with Crippen LogP contribution >= 0.6 is 0 Å². The summed E-state index contributed by atoms with van der Waals surface area (Å²) in [6, 6.07) is 9.96. The maximum Gasteiger partial charge on any atom is 0.123 e. The Bertz CT molecular complexity index is 358. The van der Waals surface area contributed by atoms with E-state index in [2.05, 4.69) is 4.90 Å². The average molecular weight is 261 g/mol. The van der Waals surface area contributed by atoms with Crippen LogP contribution in [0, 0.1) is 5.92 Å². The highest BCUT2D eigenvalue weighted by Gasteiger charge is 2.17. The van der Waals surface area contributed by atoms with Gasteiger partial charge in [-0.05, 0) is 57.5 Å². The van der Waals surface area contributed by atoms with Crippen molar-refractivity contribution in [3.05, 3.63) is 30.3 Å². The van der Waals surface area contributed by atoms with E-state index in [1.165, 1.54) is 6.42 Å². The largest absolute Gasteiger partial charge is 0.494 e. The zero-order valence-corrected chi connectivity index (χ0v) is 11.5. The van der Waals surface area contributed by atoms with E-state index in [9.17, 15) is 4.79 Å². The Morgan fingerprint density at radius 3 is 2.58 bits per heavy atom. The van der Waals surface area contributed by atoms with Crippen LogP contribution in [0.25, 0.3) is 0 Å². The highest BCUT2D eigenvalue weighted by molar-refractivity contribution is 5.53. The van der Waals surface area contributed by atoms with Crippen LogP contribution in [0.15, 0.2) is 30.3 Å². The normalized spacial score (nSPS) is 17.3. The molecule has 1 aromatic rings. The zero-order valence-electron chi connectivity index (χ0n) is 11.5. The number of aldehydes is 1. The Labute approximate surface area is 115 Å². The Kier molecular flexibility index (Phi) is 5.89. The van der Waals surface area contributed by atoms with Crippen LogP contribution < -0.4 is 4.74 Å². The lowest BCUT2D eigenvalue weighted by molar-refractivity contribution is -0.112. The Morgan fingerprint density at radius 2 is 1.89 bits per heavy atom. The predicted molar refractivity (Wildman–Crippen MR) is 76.4 cm³/mol. The van der Waals surface area contributed by atoms with E-state index in [1.54, 1.807) is 0 Å². The van der Waals surface area contributed by atoms with E-state index < -0.39 is 0 Å². The van der Waals surface area contributed by atoms with Crippen LogP contribution in [0.5, 0.6) is 5.75 Å². The van der Waals surface area contributed by atoms with Crippen molar-refractivity contribution in [2.24, 2.45) is 5.92 Å². The molecular weight excluding hydrogens is 238 g/mol. The minimum absolute atomic E-state index is 0.303. The number of likely N-dealkylation sites (tertiary alicyclic amines) is 1. The van der Waals surface area contributed by atoms with Gasteiger partial charge in [0, 0.05) is 5.92 Å². The molecule has 2 rings (SSSR count). The number of ether oxygens (including phenoxy) is 1. The average Bonchev–Trinajstić information content (AvgIpc) is 2.49. The fourth-order valence-corrected chi connectivity index (χ4v) is 2.46. The fraction of sp³-hybridized carbons (Fsp3) is 0.562. The summed E-state index contributed by atoms with van der Waals surface area (Å²) in [5.74, 6) is 1.26. The molecule has 0 aliphatic carbocycles. The molecule has 0 radical (unpaired) electrons. The molecule has 0 amide bonds. The van der Waals surface area contributed by atoms with Crippen LogP contribution in [-0.4, -0.2) is 37.4 Å². The highest BCUT2D eigenvalue weighted by Crippen LogP contribution is 2.15. The smallest absolute Gasteiger partial charge is 0.123 e. The minimum Gasteiger partial charge on any atom is -0.494 e. The maximum atomic E-state index is 10.7. The van der Waals surface area contributed by atoms with Gasteiger partial charge in [0.1, 0.15) is 12.0 Å². The number of unbranched alkanes of at least 4 members (excludes halogenated alkanes) is 1. The molecule has 0 aromatic heterocycles. The standard InChI is InChI=1S/C16H23NO2/c18-14-15-8-11-17(12-9-15)10-4-5-13-19-16-6-2-1-3-7-16/h1-3,6-7,14-15H,4-5,8-13H2. The fourth-order valence-electron chi connectivity index (χ4n) is 2.46. The third kappa shape index (κ3) is 5.03. The first-order valence-corrected chi connectivity index (χ1v) is 7.24. The molecule has 0 spiro atoms. The summed E-state index contributed by atoms with van der Waals surface area (Å²) < 4.78 is 5.67. The second-order valence-corrected chi connectivity index (χ2v) is 5.18. The first-order chi connectivity index (χ1) is 9.38. The molecule has 1 aromatic carbocycles. The third-order valence-electron chi connectivity index (χ3n) is 3.71. The molecule has 1 saturated heterocycles. The first kappa shape index (κ1) is 14.1. The lowest BCUT2D eigenvalue weighted by Crippen LogP contribution is -2.34. The molecule has 0 N–H and O–H groups in total. The van der Waals surface area contributed by atoms with E-state index in [0.29, 0.717) is 5.92 Å². The first-order valence-electron chi connectivity index (χ1n) is 7.24. The molecular formula is C16H23NO2. The van der Waals surface area contributed by atoms with Gasteiger partial charge in [0.05, 0.1) is 6.61 Å². The molecule has 0 atom stereocenters. The highest BCUT2D eigenvalue weighted by atomic mass is 16.5. The van der Waals surface area contributed by atoms with Gasteiger partial charge in [-0.15, -0.1) is 0 Å². The summed E-state index contributed by atoms with van der Waals surface area (Å²) in [6.07, 6.45) is 5.43. The Balaban J connectivity index is 1.52. The number of hydrogen-bond acceptors (Lipinski definition) is 3. The van der Waals surface area contributed by atoms with E-state index >= 15 is 0 Å². The van der Waals surface area contributed by atoms with Crippen LogP contribution in [0.1, 0.15) is 25.7 Å². The Morgan fingerprint density at radius 1 is 1.16 bits per heavy atom. The van der Waals surface area contributed by atoms with E-state index in [1.807, 2.05) is 30.3 Å². The van der Waals surface area contributed by atoms with Crippen molar-refractivity contribution < 1.29 is 9.53 Å². The number of benzene rings is 1. The van der Waals surface area contributed by atoms with Gasteiger partial charge in [-0.3, -0.25) is 0 Å². The molecule has 104 valence electrons. The van der Waals surface area contributed by atoms with Gasteiger partial charge >= 0.3 is 0 Å². The van der Waals surface area contributed by atoms with Crippen LogP contribution in [-0.2, 0) is 4.79 Å². The zero-order chi connectivity index (χ0) is 13.3. The Hall–Kier alpha value is -1.35. The summed E-state index contributed by atoms with van der Waals surface area (Å²) in [4.78, 5) is 13.1. The van der Waals surface area contributed by atoms with E-state index in [-0.39, 0.29) is 0 Å². The van der Waals surface area contributed by atoms with Crippen LogP contribution in [0.4, 0.5) is 0 Å². The van der Waals surface area contributed by atoms with Crippen molar-refractivity contribution >= 4 is 6.29 Å². The van der Waals surface area contributed by atoms with Crippen molar-refractivity contribution in [1.29, 1.82) is 0 Å². The number of rotatable bonds is 7. The van der Waals surface area contributed by atoms with Gasteiger partial charge in [-0.2, -0.15) is 0 Å². The number of hydrogen-bond donors (Lipinski definition) is 0. The third-order valence-corrected chi connectivity index (χ3v) is 3.71. The van der Waals surface area contributed by atoms with Gasteiger partial charge in [0.2, 0.25) is 0 Å². The van der Waals surface area contributed by atoms with Gasteiger partial charge in [0.15, 0.2) is 0 Å². The number of carbonyl (C=O) groups excluding carboxylic acids is 1. The second-order valence-electron chi connectivity index (χ2n) is 5.18. The predicted octanol–water partition coefficient (Wildman–Crippen LogP) is 2.76. The monoisotopic (exact) mass is 261 g/mol. The van der Waals surface area contributed by atoms with Crippen molar-refractivity contribution in [1.82, 2.24) is 4.90 Å². The second kappa shape index (κ2) is 7.95. The molecule has 1 heterocycles. The van der Waals surface area contributed by atoms with Gasteiger partial charge in [-0.1, -0.05) is 18.2 Å². The topological polar surface area (TPSA) is 29.5 Å². The summed E-state index contributed by atoms with van der Waals surface area (Å²) in [5.41, 5.74) is 0. The summed E-state index contributed by atoms with van der Waals surface area (Å²) >= 11 is 0. The molecule has 0 bridgehead atoms. The van der Waals surface area contributed by atoms with Gasteiger partial charge in [0.25, 0.3) is 0 Å². The molecule has 19 heavy (non-hydrogen) atoms. The number of piperidine rings is 1. The van der Waals surface area contributed by atoms with Crippen LogP contribution in [0.3, 0.4) is 0 Å². The number of para-hydroxylation sites is 1. The molecule has 3 nitrogen and oxygen atoms in total. The van der Waals surface area contributed by atoms with Crippen molar-refractivity contribution in [2.75, 3.05) is 26.2 Å². The summed E-state index contributed by atoms with van der Waals surface area (Å²) in [5, 5.41) is 0. The summed E-state index contributed by atoms with van der Waals surface area (Å²) in [7, 11) is 0. The molecule has 0 unspecified atom stereocenters. The lowest BCUT2D eigenvalue weighted by Gasteiger charge is -2.29.